The van der Waals surface area contributed by atoms with Crippen LogP contribution in [0.15, 0.2) is 92.8 Å². The third-order valence-electron chi connectivity index (χ3n) is 7.77. The van der Waals surface area contributed by atoms with Gasteiger partial charge in [0.15, 0.2) is 0 Å². The van der Waals surface area contributed by atoms with Crippen LogP contribution in [-0.2, 0) is 27.8 Å². The first-order chi connectivity index (χ1) is 22.5. The van der Waals surface area contributed by atoms with Gasteiger partial charge in [-0.3, -0.25) is 9.10 Å². The van der Waals surface area contributed by atoms with Crippen LogP contribution in [0.5, 0.6) is 0 Å². The van der Waals surface area contributed by atoms with Crippen molar-refractivity contribution < 1.29 is 31.6 Å². The Hall–Kier alpha value is -4.74. The van der Waals surface area contributed by atoms with Crippen molar-refractivity contribution in [2.75, 3.05) is 36.5 Å². The number of carbonyl (C=O) groups is 2. The number of fused-ring (bicyclic) bond motifs is 1. The summed E-state index contributed by atoms with van der Waals surface area (Å²) in [6.07, 6.45) is 1.53. The van der Waals surface area contributed by atoms with Crippen LogP contribution < -0.4 is 9.21 Å². The first kappa shape index (κ1) is 33.6. The number of anilines is 2. The molecular formula is C35H36ClN3O7S. The van der Waals surface area contributed by atoms with Crippen molar-refractivity contribution in [3.05, 3.63) is 112 Å². The van der Waals surface area contributed by atoms with Gasteiger partial charge in [0.1, 0.15) is 11.3 Å². The number of benzene rings is 3. The summed E-state index contributed by atoms with van der Waals surface area (Å²) >= 11 is 6.44. The lowest BCUT2D eigenvalue weighted by Gasteiger charge is -2.29. The third-order valence-corrected chi connectivity index (χ3v) is 9.99. The highest BCUT2D eigenvalue weighted by Crippen LogP contribution is 2.34. The average Bonchev–Trinajstić information content (AvgIpc) is 3.69. The quantitative estimate of drug-likeness (QED) is 0.127. The zero-order valence-electron chi connectivity index (χ0n) is 26.8. The summed E-state index contributed by atoms with van der Waals surface area (Å²) in [4.78, 5) is 29.9. The first-order valence-corrected chi connectivity index (χ1v) is 16.9. The fourth-order valence-corrected chi connectivity index (χ4v) is 7.12. The van der Waals surface area contributed by atoms with Crippen molar-refractivity contribution in [1.29, 1.82) is 0 Å². The number of hydrogen-bond acceptors (Lipinski definition) is 8. The highest BCUT2D eigenvalue weighted by Gasteiger charge is 2.29. The molecule has 0 saturated carbocycles. The number of halogens is 1. The molecule has 1 amide bonds. The second kappa shape index (κ2) is 13.9. The summed E-state index contributed by atoms with van der Waals surface area (Å²) in [7, 11) is -0.366. The molecule has 0 saturated heterocycles. The predicted molar refractivity (Wildman–Crippen MR) is 182 cm³/mol. The number of rotatable bonds is 12. The van der Waals surface area contributed by atoms with Crippen LogP contribution in [0, 0.1) is 6.92 Å². The highest BCUT2D eigenvalue weighted by molar-refractivity contribution is 7.92. The van der Waals surface area contributed by atoms with Crippen LogP contribution in [-0.4, -0.2) is 52.4 Å². The molecule has 0 atom stereocenters. The molecule has 0 radical (unpaired) electrons. The maximum Gasteiger partial charge on any atom is 0.374 e. The monoisotopic (exact) mass is 677 g/mol. The van der Waals surface area contributed by atoms with E-state index < -0.39 is 16.0 Å². The predicted octanol–water partition coefficient (Wildman–Crippen LogP) is 7.29. The van der Waals surface area contributed by atoms with Gasteiger partial charge in [0, 0.05) is 43.8 Å². The van der Waals surface area contributed by atoms with E-state index in [1.54, 1.807) is 68.1 Å². The number of hydrogen-bond donors (Lipinski definition) is 0. The van der Waals surface area contributed by atoms with Gasteiger partial charge < -0.3 is 23.4 Å². The smallest absolute Gasteiger partial charge is 0.374 e. The number of nitrogens with zero attached hydrogens (tertiary/aromatic N) is 3. The maximum absolute atomic E-state index is 14.4. The second-order valence-electron chi connectivity index (χ2n) is 11.0. The van der Waals surface area contributed by atoms with Crippen molar-refractivity contribution in [2.24, 2.45) is 0 Å². The summed E-state index contributed by atoms with van der Waals surface area (Å²) in [5, 5.41) is 0.793. The van der Waals surface area contributed by atoms with Gasteiger partial charge in [-0.15, -0.1) is 0 Å². The van der Waals surface area contributed by atoms with Crippen molar-refractivity contribution in [3.8, 4) is 0 Å². The molecule has 0 N–H and O–H groups in total. The Morgan fingerprint density at radius 3 is 2.36 bits per heavy atom. The Labute approximate surface area is 279 Å². The van der Waals surface area contributed by atoms with E-state index in [-0.39, 0.29) is 42.8 Å². The summed E-state index contributed by atoms with van der Waals surface area (Å²) in [6, 6.07) is 20.3. The molecule has 0 fully saturated rings. The fraction of sp³-hybridized carbons (Fsp3) is 0.257. The second-order valence-corrected chi connectivity index (χ2v) is 13.3. The SMILES string of the molecule is CCOC(=O)c1oc2ccc(S(=O)(=O)N(CC)c3ccc(N(C)C)cc3CN(Cc3ccco3)C(=O)c3ccccc3Cl)cc2c1C. The number of ether oxygens (including phenoxy) is 1. The Bertz CT molecular complexity index is 2020. The molecule has 0 bridgehead atoms. The molecule has 12 heteroatoms. The van der Waals surface area contributed by atoms with E-state index in [1.165, 1.54) is 28.8 Å². The van der Waals surface area contributed by atoms with E-state index in [2.05, 4.69) is 0 Å². The van der Waals surface area contributed by atoms with E-state index in [0.29, 0.717) is 44.1 Å². The number of aryl methyl sites for hydroxylation is 1. The Morgan fingerprint density at radius 1 is 0.936 bits per heavy atom. The molecule has 246 valence electrons. The number of sulfonamides is 1. The molecule has 2 heterocycles. The van der Waals surface area contributed by atoms with Gasteiger partial charge >= 0.3 is 5.97 Å². The largest absolute Gasteiger partial charge is 0.467 e. The Balaban J connectivity index is 1.59. The van der Waals surface area contributed by atoms with Gasteiger partial charge in [-0.1, -0.05) is 23.7 Å². The van der Waals surface area contributed by atoms with Gasteiger partial charge in [-0.05, 0) is 87.0 Å². The standard InChI is InChI=1S/C35H36ClN3O7S/c1-6-39(47(42,43)27-15-17-32-29(20-27)23(3)33(46-32)35(41)44-7-2)31-16-14-25(37(4)5)19-24(31)21-38(22-26-11-10-18-45-26)34(40)28-12-8-9-13-30(28)36/h8-20H,6-7,21-22H2,1-5H3. The fourth-order valence-electron chi connectivity index (χ4n) is 5.37. The minimum absolute atomic E-state index is 0.0216. The molecule has 0 unspecified atom stereocenters. The number of furan rings is 2. The van der Waals surface area contributed by atoms with Crippen molar-refractivity contribution >= 4 is 55.8 Å². The topological polar surface area (TPSA) is 114 Å². The lowest BCUT2D eigenvalue weighted by atomic mass is 10.1. The molecule has 0 aliphatic carbocycles. The molecule has 0 aliphatic rings. The third kappa shape index (κ3) is 6.86. The highest BCUT2D eigenvalue weighted by atomic mass is 35.5. The van der Waals surface area contributed by atoms with E-state index in [9.17, 15) is 18.0 Å². The maximum atomic E-state index is 14.4. The molecule has 5 aromatic rings. The molecule has 5 rings (SSSR count). The van der Waals surface area contributed by atoms with Gasteiger partial charge in [-0.2, -0.15) is 0 Å². The number of amides is 1. The molecule has 0 aliphatic heterocycles. The molecule has 10 nitrogen and oxygen atoms in total. The molecule has 3 aromatic carbocycles. The van der Waals surface area contributed by atoms with Gasteiger partial charge in [-0.25, -0.2) is 13.2 Å². The van der Waals surface area contributed by atoms with Gasteiger partial charge in [0.25, 0.3) is 15.9 Å². The minimum Gasteiger partial charge on any atom is -0.467 e. The van der Waals surface area contributed by atoms with Crippen LogP contribution >= 0.6 is 11.6 Å². The van der Waals surface area contributed by atoms with Crippen LogP contribution in [0.3, 0.4) is 0 Å². The van der Waals surface area contributed by atoms with Crippen LogP contribution in [0.1, 0.15) is 51.6 Å². The van der Waals surface area contributed by atoms with E-state index >= 15 is 0 Å². The lowest BCUT2D eigenvalue weighted by molar-refractivity contribution is 0.0491. The minimum atomic E-state index is -4.14. The summed E-state index contributed by atoms with van der Waals surface area (Å²) < 4.78 is 46.4. The normalized spacial score (nSPS) is 11.4. The molecule has 2 aromatic heterocycles. The van der Waals surface area contributed by atoms with Gasteiger partial charge in [0.2, 0.25) is 5.76 Å². The average molecular weight is 678 g/mol. The van der Waals surface area contributed by atoms with E-state index in [1.807, 2.05) is 31.1 Å². The Kier molecular flexibility index (Phi) is 9.97. The van der Waals surface area contributed by atoms with Crippen LogP contribution in [0.25, 0.3) is 11.0 Å². The zero-order valence-corrected chi connectivity index (χ0v) is 28.4. The van der Waals surface area contributed by atoms with Crippen LogP contribution in [0.4, 0.5) is 11.4 Å². The number of esters is 1. The zero-order chi connectivity index (χ0) is 33.9. The summed E-state index contributed by atoms with van der Waals surface area (Å²) in [5.41, 5.74) is 3.00. The first-order valence-electron chi connectivity index (χ1n) is 15.1. The lowest BCUT2D eigenvalue weighted by Crippen LogP contribution is -2.34. The molecular weight excluding hydrogens is 642 g/mol. The van der Waals surface area contributed by atoms with Gasteiger partial charge in [0.05, 0.1) is 40.6 Å². The van der Waals surface area contributed by atoms with Crippen LogP contribution in [0.2, 0.25) is 5.02 Å². The van der Waals surface area contributed by atoms with Crippen molar-refractivity contribution in [3.63, 3.8) is 0 Å². The van der Waals surface area contributed by atoms with E-state index in [0.717, 1.165) is 5.69 Å². The van der Waals surface area contributed by atoms with Crippen molar-refractivity contribution in [1.82, 2.24) is 4.90 Å². The Morgan fingerprint density at radius 2 is 1.70 bits per heavy atom. The number of carbonyl (C=O) groups excluding carboxylic acids is 2. The molecule has 0 spiro atoms. The van der Waals surface area contributed by atoms with Crippen molar-refractivity contribution in [2.45, 2.75) is 38.8 Å². The summed E-state index contributed by atoms with van der Waals surface area (Å²) in [5.74, 6) is -0.360. The molecule has 47 heavy (non-hydrogen) atoms. The van der Waals surface area contributed by atoms with E-state index in [4.69, 9.17) is 25.2 Å². The summed E-state index contributed by atoms with van der Waals surface area (Å²) in [6.45, 7) is 5.59.